The van der Waals surface area contributed by atoms with Crippen LogP contribution in [0.15, 0.2) is 237 Å². The van der Waals surface area contributed by atoms with Gasteiger partial charge in [0.2, 0.25) is 0 Å². The summed E-state index contributed by atoms with van der Waals surface area (Å²) in [6.07, 6.45) is 0. The van der Waals surface area contributed by atoms with Crippen molar-refractivity contribution in [3.63, 3.8) is 0 Å². The number of hydrogen-bond donors (Lipinski definition) is 0. The first-order valence-electron chi connectivity index (χ1n) is 19.4. The third-order valence-electron chi connectivity index (χ3n) is 10.7. The molecule has 0 atom stereocenters. The van der Waals surface area contributed by atoms with Gasteiger partial charge in [-0.2, -0.15) is 0 Å². The summed E-state index contributed by atoms with van der Waals surface area (Å²) in [5.74, 6) is 0. The largest absolute Gasteiger partial charge is 0.310 e. The average Bonchev–Trinajstić information content (AvgIpc) is 3.63. The van der Waals surface area contributed by atoms with Gasteiger partial charge < -0.3 is 14.4 Å². The highest BCUT2D eigenvalue weighted by atomic mass is 15.2. The number of aromatic nitrogens is 1. The summed E-state index contributed by atoms with van der Waals surface area (Å²) in [4.78, 5) is 4.78. The van der Waals surface area contributed by atoms with Gasteiger partial charge in [0.15, 0.2) is 0 Å². The summed E-state index contributed by atoms with van der Waals surface area (Å²) in [5, 5.41) is 2.36. The molecule has 0 N–H and O–H groups in total. The number of para-hydroxylation sites is 5. The number of anilines is 6. The maximum absolute atomic E-state index is 2.47. The van der Waals surface area contributed by atoms with Crippen LogP contribution >= 0.6 is 0 Å². The molecule has 0 bridgehead atoms. The van der Waals surface area contributed by atoms with E-state index in [1.807, 2.05) is 0 Å². The van der Waals surface area contributed by atoms with Crippen molar-refractivity contribution >= 4 is 55.9 Å². The van der Waals surface area contributed by atoms with Gasteiger partial charge in [0.05, 0.1) is 22.4 Å². The molecule has 1 heterocycles. The Bertz CT molecular complexity index is 2790. The van der Waals surface area contributed by atoms with Gasteiger partial charge in [-0.3, -0.25) is 0 Å². The fraction of sp³-hybridized carbons (Fsp3) is 0. The van der Waals surface area contributed by atoms with Crippen molar-refractivity contribution in [1.29, 1.82) is 0 Å². The van der Waals surface area contributed by atoms with E-state index in [4.69, 9.17) is 0 Å². The molecule has 0 saturated heterocycles. The van der Waals surface area contributed by atoms with Gasteiger partial charge in [-0.05, 0) is 107 Å². The molecule has 10 aromatic rings. The van der Waals surface area contributed by atoms with Crippen molar-refractivity contribution in [3.8, 4) is 27.9 Å². The van der Waals surface area contributed by atoms with Gasteiger partial charge in [0.25, 0.3) is 0 Å². The second-order valence-electron chi connectivity index (χ2n) is 14.2. The van der Waals surface area contributed by atoms with Crippen molar-refractivity contribution in [2.75, 3.05) is 9.80 Å². The number of nitrogens with zero attached hydrogens (tertiary/aromatic N) is 3. The van der Waals surface area contributed by atoms with E-state index in [2.05, 4.69) is 251 Å². The molecule has 3 nitrogen and oxygen atoms in total. The van der Waals surface area contributed by atoms with Crippen LogP contribution in [0.25, 0.3) is 49.7 Å². The molecule has 3 heteroatoms. The van der Waals surface area contributed by atoms with Crippen LogP contribution in [-0.2, 0) is 0 Å². The van der Waals surface area contributed by atoms with Crippen LogP contribution in [0.3, 0.4) is 0 Å². The Hall–Kier alpha value is -7.62. The molecule has 0 amide bonds. The summed E-state index contributed by atoms with van der Waals surface area (Å²) in [7, 11) is 0. The molecule has 9 aromatic carbocycles. The Labute approximate surface area is 333 Å². The summed E-state index contributed by atoms with van der Waals surface area (Å²) in [5.41, 5.74) is 14.5. The molecule has 0 saturated carbocycles. The normalized spacial score (nSPS) is 11.2. The predicted octanol–water partition coefficient (Wildman–Crippen LogP) is 15.1. The van der Waals surface area contributed by atoms with Gasteiger partial charge in [0, 0.05) is 39.2 Å². The SMILES string of the molecule is c1ccc(-c2cc(-c3ccccc3)cc(-n3c4ccccc4c4c(N(c5ccccc5)c5ccccc5)cc(N(c5ccccc5)c5ccccc5)cc43)c2)cc1. The molecule has 0 fully saturated rings. The molecule has 0 aliphatic carbocycles. The molecule has 57 heavy (non-hydrogen) atoms. The number of hydrogen-bond acceptors (Lipinski definition) is 2. The lowest BCUT2D eigenvalue weighted by molar-refractivity contribution is 1.17. The molecule has 0 spiro atoms. The van der Waals surface area contributed by atoms with Gasteiger partial charge in [0.1, 0.15) is 0 Å². The van der Waals surface area contributed by atoms with Crippen LogP contribution in [-0.4, -0.2) is 4.57 Å². The molecular formula is C54H39N3. The lowest BCUT2D eigenvalue weighted by Gasteiger charge is -2.30. The van der Waals surface area contributed by atoms with E-state index in [1.54, 1.807) is 0 Å². The van der Waals surface area contributed by atoms with Crippen LogP contribution in [0.5, 0.6) is 0 Å². The van der Waals surface area contributed by atoms with E-state index in [0.29, 0.717) is 0 Å². The Morgan fingerprint density at radius 1 is 0.281 bits per heavy atom. The first-order chi connectivity index (χ1) is 28.3. The highest BCUT2D eigenvalue weighted by Gasteiger charge is 2.25. The topological polar surface area (TPSA) is 11.4 Å². The summed E-state index contributed by atoms with van der Waals surface area (Å²) in [6.45, 7) is 0. The molecule has 0 unspecified atom stereocenters. The highest BCUT2D eigenvalue weighted by Crippen LogP contribution is 2.48. The third-order valence-corrected chi connectivity index (χ3v) is 10.7. The van der Waals surface area contributed by atoms with E-state index in [9.17, 15) is 0 Å². The first-order valence-corrected chi connectivity index (χ1v) is 19.4. The molecule has 0 aliphatic heterocycles. The fourth-order valence-corrected chi connectivity index (χ4v) is 8.16. The lowest BCUT2D eigenvalue weighted by atomic mass is 9.98. The zero-order chi connectivity index (χ0) is 38.0. The zero-order valence-electron chi connectivity index (χ0n) is 31.4. The average molecular weight is 730 g/mol. The molecular weight excluding hydrogens is 691 g/mol. The second kappa shape index (κ2) is 14.9. The van der Waals surface area contributed by atoms with Crippen LogP contribution < -0.4 is 9.80 Å². The van der Waals surface area contributed by atoms with Gasteiger partial charge >= 0.3 is 0 Å². The standard InChI is InChI=1S/C54H39N3/c1-7-21-40(22-8-1)42-35-43(41-23-9-2-10-24-41)37-48(36-42)57-51-34-20-19-33-50(51)54-52(56(46-29-15-5-16-30-46)47-31-17-6-18-32-47)38-49(39-53(54)57)55(44-25-11-3-12-26-44)45-27-13-4-14-28-45/h1-39H. The van der Waals surface area contributed by atoms with Crippen LogP contribution in [0, 0.1) is 0 Å². The van der Waals surface area contributed by atoms with Crippen LogP contribution in [0.1, 0.15) is 0 Å². The minimum atomic E-state index is 1.05. The number of fused-ring (bicyclic) bond motifs is 3. The van der Waals surface area contributed by atoms with E-state index in [0.717, 1.165) is 50.8 Å². The first kappa shape index (κ1) is 33.9. The number of rotatable bonds is 9. The monoisotopic (exact) mass is 729 g/mol. The zero-order valence-corrected chi connectivity index (χ0v) is 31.4. The van der Waals surface area contributed by atoms with Crippen molar-refractivity contribution in [2.24, 2.45) is 0 Å². The Kier molecular flexibility index (Phi) is 8.86. The van der Waals surface area contributed by atoms with E-state index in [1.165, 1.54) is 33.0 Å². The molecule has 0 aliphatic rings. The van der Waals surface area contributed by atoms with Crippen LogP contribution in [0.2, 0.25) is 0 Å². The third kappa shape index (κ3) is 6.41. The van der Waals surface area contributed by atoms with Crippen molar-refractivity contribution in [1.82, 2.24) is 4.57 Å². The molecule has 0 radical (unpaired) electrons. The van der Waals surface area contributed by atoms with E-state index < -0.39 is 0 Å². The highest BCUT2D eigenvalue weighted by molar-refractivity contribution is 6.18. The second-order valence-corrected chi connectivity index (χ2v) is 14.2. The van der Waals surface area contributed by atoms with Crippen molar-refractivity contribution < 1.29 is 0 Å². The minimum Gasteiger partial charge on any atom is -0.310 e. The van der Waals surface area contributed by atoms with E-state index in [-0.39, 0.29) is 0 Å². The summed E-state index contributed by atoms with van der Waals surface area (Å²) in [6, 6.07) is 84.9. The smallest absolute Gasteiger partial charge is 0.0583 e. The van der Waals surface area contributed by atoms with Crippen molar-refractivity contribution in [2.45, 2.75) is 0 Å². The lowest BCUT2D eigenvalue weighted by Crippen LogP contribution is -2.14. The van der Waals surface area contributed by atoms with Gasteiger partial charge in [-0.1, -0.05) is 152 Å². The predicted molar refractivity (Wildman–Crippen MR) is 241 cm³/mol. The molecule has 10 rings (SSSR count). The Morgan fingerprint density at radius 2 is 0.684 bits per heavy atom. The molecule has 1 aromatic heterocycles. The maximum Gasteiger partial charge on any atom is 0.0583 e. The van der Waals surface area contributed by atoms with Crippen molar-refractivity contribution in [3.05, 3.63) is 237 Å². The minimum absolute atomic E-state index is 1.05. The van der Waals surface area contributed by atoms with E-state index >= 15 is 0 Å². The fourth-order valence-electron chi connectivity index (χ4n) is 8.16. The summed E-state index contributed by atoms with van der Waals surface area (Å²) < 4.78 is 2.47. The summed E-state index contributed by atoms with van der Waals surface area (Å²) >= 11 is 0. The van der Waals surface area contributed by atoms with Gasteiger partial charge in [-0.15, -0.1) is 0 Å². The Morgan fingerprint density at radius 3 is 1.16 bits per heavy atom. The van der Waals surface area contributed by atoms with Crippen LogP contribution in [0.4, 0.5) is 34.1 Å². The van der Waals surface area contributed by atoms with Gasteiger partial charge in [-0.25, -0.2) is 0 Å². The maximum atomic E-state index is 2.47. The number of benzene rings is 9. The quantitative estimate of drug-likeness (QED) is 0.147. The molecule has 270 valence electrons. The Balaban J connectivity index is 1.35.